The van der Waals surface area contributed by atoms with Crippen LogP contribution in [0.15, 0.2) is 18.2 Å². The zero-order valence-electron chi connectivity index (χ0n) is 12.6. The van der Waals surface area contributed by atoms with Crippen LogP contribution in [0.25, 0.3) is 0 Å². The van der Waals surface area contributed by atoms with Crippen LogP contribution in [0.3, 0.4) is 0 Å². The lowest BCUT2D eigenvalue weighted by Crippen LogP contribution is -2.39. The van der Waals surface area contributed by atoms with Gasteiger partial charge in [0.15, 0.2) is 5.78 Å². The molecule has 1 aromatic carbocycles. The summed E-state index contributed by atoms with van der Waals surface area (Å²) in [4.78, 5) is 12.9. The van der Waals surface area contributed by atoms with E-state index >= 15 is 0 Å². The zero-order valence-corrected chi connectivity index (χ0v) is 12.6. The first kappa shape index (κ1) is 13.8. The van der Waals surface area contributed by atoms with E-state index in [0.29, 0.717) is 5.78 Å². The van der Waals surface area contributed by atoms with Crippen LogP contribution in [-0.4, -0.2) is 18.0 Å². The van der Waals surface area contributed by atoms with E-state index in [1.807, 2.05) is 12.1 Å². The van der Waals surface area contributed by atoms with Crippen molar-refractivity contribution in [2.45, 2.75) is 58.0 Å². The molecule has 20 heavy (non-hydrogen) atoms. The lowest BCUT2D eigenvalue weighted by atomic mass is 9.80. The maximum absolute atomic E-state index is 12.9. The third-order valence-corrected chi connectivity index (χ3v) is 5.25. The number of carbonyl (C=O) groups is 1. The molecule has 2 nitrogen and oxygen atoms in total. The summed E-state index contributed by atoms with van der Waals surface area (Å²) < 4.78 is 6.04. The van der Waals surface area contributed by atoms with Gasteiger partial charge in [-0.1, -0.05) is 31.0 Å². The normalized spacial score (nSPS) is 25.0. The Morgan fingerprint density at radius 3 is 2.75 bits per heavy atom. The van der Waals surface area contributed by atoms with Gasteiger partial charge in [-0.3, -0.25) is 4.79 Å². The van der Waals surface area contributed by atoms with E-state index in [0.717, 1.165) is 43.4 Å². The molecule has 1 aromatic rings. The van der Waals surface area contributed by atoms with Crippen molar-refractivity contribution in [2.24, 2.45) is 5.92 Å². The molecular formula is C18H24O2. The van der Waals surface area contributed by atoms with Gasteiger partial charge in [-0.15, -0.1) is 0 Å². The highest BCUT2D eigenvalue weighted by Crippen LogP contribution is 2.42. The fourth-order valence-corrected chi connectivity index (χ4v) is 3.86. The molecule has 2 aliphatic rings. The van der Waals surface area contributed by atoms with Crippen molar-refractivity contribution in [1.29, 1.82) is 0 Å². The van der Waals surface area contributed by atoms with Gasteiger partial charge in [0.2, 0.25) is 0 Å². The molecule has 108 valence electrons. The van der Waals surface area contributed by atoms with Gasteiger partial charge in [0.25, 0.3) is 0 Å². The Balaban J connectivity index is 1.81. The van der Waals surface area contributed by atoms with Crippen molar-refractivity contribution in [3.8, 4) is 0 Å². The summed E-state index contributed by atoms with van der Waals surface area (Å²) in [6.07, 6.45) is 6.61. The third kappa shape index (κ3) is 2.42. The number of ether oxygens (including phenoxy) is 1. The van der Waals surface area contributed by atoms with E-state index in [2.05, 4.69) is 19.9 Å². The summed E-state index contributed by atoms with van der Waals surface area (Å²) >= 11 is 0. The van der Waals surface area contributed by atoms with Gasteiger partial charge in [-0.25, -0.2) is 0 Å². The van der Waals surface area contributed by atoms with Gasteiger partial charge in [0, 0.05) is 18.1 Å². The van der Waals surface area contributed by atoms with E-state index in [-0.39, 0.29) is 11.5 Å². The Morgan fingerprint density at radius 1 is 1.25 bits per heavy atom. The molecule has 1 heterocycles. The minimum absolute atomic E-state index is 0.0241. The molecule has 1 aliphatic carbocycles. The smallest absolute Gasteiger partial charge is 0.166 e. The quantitative estimate of drug-likeness (QED) is 0.753. The molecule has 0 N–H and O–H groups in total. The topological polar surface area (TPSA) is 26.3 Å². The number of carbonyl (C=O) groups excluding carboxylic acids is 1. The molecule has 0 amide bonds. The number of hydrogen-bond acceptors (Lipinski definition) is 2. The number of ketones is 1. The lowest BCUT2D eigenvalue weighted by molar-refractivity contribution is -0.0866. The van der Waals surface area contributed by atoms with Crippen molar-refractivity contribution in [3.05, 3.63) is 34.9 Å². The molecule has 3 rings (SSSR count). The van der Waals surface area contributed by atoms with Crippen LogP contribution >= 0.6 is 0 Å². The average molecular weight is 272 g/mol. The maximum Gasteiger partial charge on any atom is 0.166 e. The first-order chi connectivity index (χ1) is 9.61. The number of hydrogen-bond donors (Lipinski definition) is 0. The summed E-state index contributed by atoms with van der Waals surface area (Å²) in [6.45, 7) is 4.89. The number of rotatable bonds is 2. The minimum Gasteiger partial charge on any atom is -0.375 e. The zero-order chi connectivity index (χ0) is 14.2. The van der Waals surface area contributed by atoms with Crippen LogP contribution in [0.5, 0.6) is 0 Å². The van der Waals surface area contributed by atoms with Crippen LogP contribution in [0.1, 0.15) is 60.0 Å². The first-order valence-electron chi connectivity index (χ1n) is 7.86. The predicted molar refractivity (Wildman–Crippen MR) is 80.1 cm³/mol. The van der Waals surface area contributed by atoms with Gasteiger partial charge >= 0.3 is 0 Å². The van der Waals surface area contributed by atoms with Crippen LogP contribution < -0.4 is 0 Å². The second kappa shape index (κ2) is 5.33. The van der Waals surface area contributed by atoms with Crippen molar-refractivity contribution < 1.29 is 9.53 Å². The van der Waals surface area contributed by atoms with Gasteiger partial charge in [-0.2, -0.15) is 0 Å². The molecule has 1 unspecified atom stereocenters. The first-order valence-corrected chi connectivity index (χ1v) is 7.86. The highest BCUT2D eigenvalue weighted by atomic mass is 16.5. The van der Waals surface area contributed by atoms with E-state index < -0.39 is 0 Å². The van der Waals surface area contributed by atoms with E-state index in [1.165, 1.54) is 18.4 Å². The Bertz CT molecular complexity index is 512. The molecule has 0 radical (unpaired) electrons. The molecule has 1 atom stereocenters. The lowest BCUT2D eigenvalue weighted by Gasteiger charge is -2.37. The second-order valence-electron chi connectivity index (χ2n) is 6.54. The SMILES string of the molecule is Cc1cccc(C(=O)C2CCOC3(CCCC3)C2)c1C. The van der Waals surface area contributed by atoms with Gasteiger partial charge < -0.3 is 4.74 Å². The van der Waals surface area contributed by atoms with Crippen LogP contribution in [0.4, 0.5) is 0 Å². The molecule has 0 aromatic heterocycles. The van der Waals surface area contributed by atoms with Gasteiger partial charge in [0.05, 0.1) is 5.60 Å². The summed E-state index contributed by atoms with van der Waals surface area (Å²) in [5, 5.41) is 0. The fraction of sp³-hybridized carbons (Fsp3) is 0.611. The van der Waals surface area contributed by atoms with E-state index in [9.17, 15) is 4.79 Å². The number of Topliss-reactive ketones (excluding diaryl/α,β-unsaturated/α-hetero) is 1. The van der Waals surface area contributed by atoms with E-state index in [4.69, 9.17) is 4.74 Å². The van der Waals surface area contributed by atoms with Crippen molar-refractivity contribution in [2.75, 3.05) is 6.61 Å². The third-order valence-electron chi connectivity index (χ3n) is 5.25. The molecule has 1 spiro atoms. The monoisotopic (exact) mass is 272 g/mol. The summed E-state index contributed by atoms with van der Waals surface area (Å²) in [7, 11) is 0. The molecule has 1 saturated heterocycles. The highest BCUT2D eigenvalue weighted by Gasteiger charge is 2.42. The molecule has 2 heteroatoms. The molecule has 0 bridgehead atoms. The molecule has 2 fully saturated rings. The molecule has 1 aliphatic heterocycles. The number of aryl methyl sites for hydroxylation is 1. The predicted octanol–water partition coefficient (Wildman–Crippen LogP) is 4.23. The highest BCUT2D eigenvalue weighted by molar-refractivity contribution is 5.99. The average Bonchev–Trinajstić information content (AvgIpc) is 2.89. The Hall–Kier alpha value is -1.15. The van der Waals surface area contributed by atoms with E-state index in [1.54, 1.807) is 0 Å². The molecular weight excluding hydrogens is 248 g/mol. The summed E-state index contributed by atoms with van der Waals surface area (Å²) in [6, 6.07) is 6.07. The summed E-state index contributed by atoms with van der Waals surface area (Å²) in [5.74, 6) is 0.489. The summed E-state index contributed by atoms with van der Waals surface area (Å²) in [5.41, 5.74) is 3.30. The maximum atomic E-state index is 12.9. The van der Waals surface area contributed by atoms with Crippen molar-refractivity contribution in [1.82, 2.24) is 0 Å². The van der Waals surface area contributed by atoms with Crippen molar-refractivity contribution in [3.63, 3.8) is 0 Å². The Labute approximate surface area is 121 Å². The van der Waals surface area contributed by atoms with Crippen molar-refractivity contribution >= 4 is 5.78 Å². The van der Waals surface area contributed by atoms with Crippen LogP contribution in [0.2, 0.25) is 0 Å². The standard InChI is InChI=1S/C18H24O2/c1-13-6-5-7-16(14(13)2)17(19)15-8-11-20-18(12-15)9-3-4-10-18/h5-7,15H,3-4,8-12H2,1-2H3. The van der Waals surface area contributed by atoms with Crippen LogP contribution in [0, 0.1) is 19.8 Å². The Kier molecular flexibility index (Phi) is 3.68. The van der Waals surface area contributed by atoms with Crippen LogP contribution in [-0.2, 0) is 4.74 Å². The second-order valence-corrected chi connectivity index (χ2v) is 6.54. The minimum atomic E-state index is 0.0241. The number of benzene rings is 1. The van der Waals surface area contributed by atoms with Gasteiger partial charge in [0.1, 0.15) is 0 Å². The Morgan fingerprint density at radius 2 is 2.00 bits per heavy atom. The molecule has 1 saturated carbocycles. The largest absolute Gasteiger partial charge is 0.375 e. The van der Waals surface area contributed by atoms with Gasteiger partial charge in [-0.05, 0) is 50.7 Å². The fourth-order valence-electron chi connectivity index (χ4n) is 3.86.